The van der Waals surface area contributed by atoms with Gasteiger partial charge in [0.05, 0.1) is 5.92 Å². The van der Waals surface area contributed by atoms with E-state index < -0.39 is 5.91 Å². The summed E-state index contributed by atoms with van der Waals surface area (Å²) in [6, 6.07) is 13.7. The Labute approximate surface area is 147 Å². The molecule has 0 aromatic heterocycles. The minimum Gasteiger partial charge on any atom is -0.367 e. The van der Waals surface area contributed by atoms with Crippen molar-refractivity contribution < 1.29 is 4.79 Å². The quantitative estimate of drug-likeness (QED) is 0.708. The molecule has 0 unspecified atom stereocenters. The fourth-order valence-electron chi connectivity index (χ4n) is 3.30. The number of carbonyl (C=O) groups is 1. The van der Waals surface area contributed by atoms with Gasteiger partial charge < -0.3 is 21.5 Å². The third kappa shape index (κ3) is 3.60. The van der Waals surface area contributed by atoms with Gasteiger partial charge in [0.2, 0.25) is 5.91 Å². The van der Waals surface area contributed by atoms with Crippen LogP contribution in [-0.4, -0.2) is 24.9 Å². The van der Waals surface area contributed by atoms with Crippen LogP contribution in [0.3, 0.4) is 0 Å². The lowest BCUT2D eigenvalue weighted by molar-refractivity contribution is 0.100. The lowest BCUT2D eigenvalue weighted by Gasteiger charge is -2.32. The van der Waals surface area contributed by atoms with Crippen LogP contribution in [-0.2, 0) is 13.0 Å². The molecule has 4 N–H and O–H groups in total. The molecule has 128 valence electrons. The fourth-order valence-corrected chi connectivity index (χ4v) is 3.30. The number of benzene rings is 2. The second-order valence-electron chi connectivity index (χ2n) is 6.33. The second-order valence-corrected chi connectivity index (χ2v) is 6.33. The molecule has 5 heteroatoms. The number of amides is 1. The number of fused-ring (bicyclic) bond motifs is 1. The van der Waals surface area contributed by atoms with Crippen LogP contribution >= 0.6 is 0 Å². The molecule has 0 saturated heterocycles. The summed E-state index contributed by atoms with van der Waals surface area (Å²) in [6.45, 7) is 1.77. The molecule has 1 aliphatic heterocycles. The summed E-state index contributed by atoms with van der Waals surface area (Å²) < 4.78 is 0. The molecule has 0 atom stereocenters. The van der Waals surface area contributed by atoms with Gasteiger partial charge in [-0.1, -0.05) is 24.3 Å². The van der Waals surface area contributed by atoms with Gasteiger partial charge in [-0.25, -0.2) is 0 Å². The molecule has 0 saturated carbocycles. The van der Waals surface area contributed by atoms with Crippen molar-refractivity contribution in [2.45, 2.75) is 25.3 Å². The van der Waals surface area contributed by atoms with Crippen molar-refractivity contribution in [2.24, 2.45) is 5.73 Å². The van der Waals surface area contributed by atoms with Crippen molar-refractivity contribution in [1.82, 2.24) is 0 Å². The van der Waals surface area contributed by atoms with E-state index >= 15 is 0 Å². The Morgan fingerprint density at radius 3 is 2.52 bits per heavy atom. The number of hydrogen-bond acceptors (Lipinski definition) is 4. The zero-order valence-electron chi connectivity index (χ0n) is 14.0. The standard InChI is InChI=1S/C20H22N4O/c21-11-18(12-22)16-7-8-19-17(10-16)2-1-9-24(19)13-14-3-5-15(6-4-14)20(23)25/h3-8,10-12,18,21-22H,1-2,9,13H2,(H2,23,25). The van der Waals surface area contributed by atoms with Gasteiger partial charge >= 0.3 is 0 Å². The average molecular weight is 334 g/mol. The highest BCUT2D eigenvalue weighted by Gasteiger charge is 2.18. The van der Waals surface area contributed by atoms with Gasteiger partial charge in [-0.05, 0) is 47.7 Å². The van der Waals surface area contributed by atoms with Crippen LogP contribution in [0.2, 0.25) is 0 Å². The van der Waals surface area contributed by atoms with Crippen molar-refractivity contribution in [3.05, 3.63) is 64.7 Å². The summed E-state index contributed by atoms with van der Waals surface area (Å²) in [7, 11) is 0. The monoisotopic (exact) mass is 334 g/mol. The van der Waals surface area contributed by atoms with Crippen LogP contribution in [0.5, 0.6) is 0 Å². The Morgan fingerprint density at radius 1 is 1.16 bits per heavy atom. The van der Waals surface area contributed by atoms with E-state index in [2.05, 4.69) is 17.0 Å². The van der Waals surface area contributed by atoms with Crippen LogP contribution in [0.25, 0.3) is 0 Å². The van der Waals surface area contributed by atoms with E-state index in [4.69, 9.17) is 16.6 Å². The maximum atomic E-state index is 11.2. The topological polar surface area (TPSA) is 94.0 Å². The summed E-state index contributed by atoms with van der Waals surface area (Å²) in [4.78, 5) is 13.5. The highest BCUT2D eigenvalue weighted by atomic mass is 16.1. The third-order valence-corrected chi connectivity index (χ3v) is 4.67. The van der Waals surface area contributed by atoms with Crippen LogP contribution in [0.4, 0.5) is 5.69 Å². The number of rotatable bonds is 6. The number of hydrogen-bond donors (Lipinski definition) is 3. The number of nitrogens with zero attached hydrogens (tertiary/aromatic N) is 1. The van der Waals surface area contributed by atoms with Crippen LogP contribution in [0.15, 0.2) is 42.5 Å². The maximum Gasteiger partial charge on any atom is 0.248 e. The number of aryl methyl sites for hydroxylation is 1. The van der Waals surface area contributed by atoms with E-state index in [9.17, 15) is 4.79 Å². The van der Waals surface area contributed by atoms with Crippen molar-refractivity contribution in [3.63, 3.8) is 0 Å². The molecule has 0 aliphatic carbocycles. The molecule has 25 heavy (non-hydrogen) atoms. The second kappa shape index (κ2) is 7.30. The Balaban J connectivity index is 1.82. The number of primary amides is 1. The molecular formula is C20H22N4O. The molecule has 5 nitrogen and oxygen atoms in total. The van der Waals surface area contributed by atoms with Crippen molar-refractivity contribution >= 4 is 24.0 Å². The van der Waals surface area contributed by atoms with E-state index in [-0.39, 0.29) is 5.92 Å². The van der Waals surface area contributed by atoms with Crippen molar-refractivity contribution in [3.8, 4) is 0 Å². The van der Waals surface area contributed by atoms with E-state index in [1.165, 1.54) is 23.7 Å². The Morgan fingerprint density at radius 2 is 1.88 bits per heavy atom. The lowest BCUT2D eigenvalue weighted by Crippen LogP contribution is -2.29. The van der Waals surface area contributed by atoms with Gasteiger partial charge in [0.15, 0.2) is 0 Å². The first kappa shape index (κ1) is 16.9. The highest BCUT2D eigenvalue weighted by molar-refractivity contribution is 5.92. The third-order valence-electron chi connectivity index (χ3n) is 4.67. The molecule has 0 radical (unpaired) electrons. The van der Waals surface area contributed by atoms with Crippen molar-refractivity contribution in [1.29, 1.82) is 10.8 Å². The molecular weight excluding hydrogens is 312 g/mol. The van der Waals surface area contributed by atoms with Gasteiger partial charge in [-0.2, -0.15) is 0 Å². The van der Waals surface area contributed by atoms with Gasteiger partial charge in [0.1, 0.15) is 0 Å². The summed E-state index contributed by atoms with van der Waals surface area (Å²) in [6.07, 6.45) is 4.70. The predicted octanol–water partition coefficient (Wildman–Crippen LogP) is 3.12. The predicted molar refractivity (Wildman–Crippen MR) is 101 cm³/mol. The lowest BCUT2D eigenvalue weighted by atomic mass is 9.94. The normalized spacial score (nSPS) is 14.5. The molecule has 2 aromatic rings. The fraction of sp³-hybridized carbons (Fsp3) is 0.250. The van der Waals surface area contributed by atoms with Crippen LogP contribution < -0.4 is 10.6 Å². The number of nitrogens with two attached hydrogens (primary N) is 1. The Kier molecular flexibility index (Phi) is 4.93. The molecule has 1 aliphatic rings. The number of nitrogens with one attached hydrogen (secondary N) is 2. The molecule has 0 fully saturated rings. The minimum absolute atomic E-state index is 0.248. The first-order valence-electron chi connectivity index (χ1n) is 8.40. The van der Waals surface area contributed by atoms with Gasteiger partial charge in [-0.15, -0.1) is 0 Å². The molecule has 3 rings (SSSR count). The van der Waals surface area contributed by atoms with Crippen LogP contribution in [0, 0.1) is 10.8 Å². The molecule has 2 aromatic carbocycles. The first-order chi connectivity index (χ1) is 12.1. The number of anilines is 1. The van der Waals surface area contributed by atoms with E-state index in [0.717, 1.165) is 37.1 Å². The van der Waals surface area contributed by atoms with Gasteiger partial charge in [0.25, 0.3) is 0 Å². The minimum atomic E-state index is -0.408. The van der Waals surface area contributed by atoms with E-state index in [1.807, 2.05) is 18.2 Å². The zero-order valence-corrected chi connectivity index (χ0v) is 14.0. The average Bonchev–Trinajstić information content (AvgIpc) is 2.63. The molecule has 1 amide bonds. The Bertz CT molecular complexity index is 790. The molecule has 0 bridgehead atoms. The molecule has 1 heterocycles. The zero-order chi connectivity index (χ0) is 17.8. The molecule has 0 spiro atoms. The Hall–Kier alpha value is -2.95. The summed E-state index contributed by atoms with van der Waals surface area (Å²) in [5.41, 5.74) is 10.4. The van der Waals surface area contributed by atoms with Gasteiger partial charge in [-0.3, -0.25) is 4.79 Å². The van der Waals surface area contributed by atoms with E-state index in [0.29, 0.717) is 5.56 Å². The SMILES string of the molecule is N=CC(C=N)c1ccc2c(c1)CCCN2Cc1ccc(C(N)=O)cc1. The van der Waals surface area contributed by atoms with Crippen molar-refractivity contribution in [2.75, 3.05) is 11.4 Å². The first-order valence-corrected chi connectivity index (χ1v) is 8.40. The summed E-state index contributed by atoms with van der Waals surface area (Å²) >= 11 is 0. The van der Waals surface area contributed by atoms with Crippen LogP contribution in [0.1, 0.15) is 39.4 Å². The highest BCUT2D eigenvalue weighted by Crippen LogP contribution is 2.31. The maximum absolute atomic E-state index is 11.2. The largest absolute Gasteiger partial charge is 0.367 e. The summed E-state index contributed by atoms with van der Waals surface area (Å²) in [5.74, 6) is -0.656. The number of carbonyl (C=O) groups excluding carboxylic acids is 1. The summed E-state index contributed by atoms with van der Waals surface area (Å²) in [5, 5.41) is 14.9. The van der Waals surface area contributed by atoms with Gasteiger partial charge in [0, 0.05) is 36.8 Å². The van der Waals surface area contributed by atoms with E-state index in [1.54, 1.807) is 12.1 Å². The smallest absolute Gasteiger partial charge is 0.248 e.